The topological polar surface area (TPSA) is 98.0 Å². The second-order valence-electron chi connectivity index (χ2n) is 8.67. The lowest BCUT2D eigenvalue weighted by Crippen LogP contribution is -2.32. The molecule has 0 aliphatic carbocycles. The van der Waals surface area contributed by atoms with E-state index in [0.717, 1.165) is 17.5 Å². The fourth-order valence-electron chi connectivity index (χ4n) is 3.89. The molecule has 162 valence electrons. The predicted octanol–water partition coefficient (Wildman–Crippen LogP) is 3.52. The molecular formula is C23H29NO6. The number of carbonyl (C=O) groups is 1. The van der Waals surface area contributed by atoms with E-state index in [1.54, 1.807) is 7.11 Å². The Balaban J connectivity index is 2.14. The fourth-order valence-corrected chi connectivity index (χ4v) is 3.89. The third kappa shape index (κ3) is 4.21. The summed E-state index contributed by atoms with van der Waals surface area (Å²) in [6, 6.07) is 5.17. The fraction of sp³-hybridized carbons (Fsp3) is 0.478. The molecule has 2 aromatic rings. The van der Waals surface area contributed by atoms with Crippen LogP contribution in [-0.2, 0) is 6.42 Å². The van der Waals surface area contributed by atoms with Crippen LogP contribution in [0.15, 0.2) is 29.2 Å². The van der Waals surface area contributed by atoms with Gasteiger partial charge in [0.15, 0.2) is 16.9 Å². The van der Waals surface area contributed by atoms with E-state index in [1.165, 1.54) is 12.3 Å². The van der Waals surface area contributed by atoms with Gasteiger partial charge in [0.1, 0.15) is 5.56 Å². The van der Waals surface area contributed by atoms with Crippen molar-refractivity contribution in [3.8, 4) is 22.8 Å². The van der Waals surface area contributed by atoms with Crippen molar-refractivity contribution in [3.05, 3.63) is 45.7 Å². The van der Waals surface area contributed by atoms with Gasteiger partial charge in [-0.2, -0.15) is 0 Å². The average Bonchev–Trinajstić information content (AvgIpc) is 2.68. The standard InChI is InChI=1S/C23H29NO6/c1-23(2,3)21-10-14-9-20(30-8-6-5-7-25)19(29-4)11-15(14)17-12-18(26)16(22(27)28)13-24(17)21/h9,11-13,21,25H,5-8,10H2,1-4H3,(H,27,28). The number of aliphatic hydroxyl groups is 1. The Morgan fingerprint density at radius 2 is 1.93 bits per heavy atom. The largest absolute Gasteiger partial charge is 0.493 e. The Bertz CT molecular complexity index is 1000. The van der Waals surface area contributed by atoms with E-state index in [4.69, 9.17) is 14.6 Å². The van der Waals surface area contributed by atoms with Crippen LogP contribution < -0.4 is 14.9 Å². The molecule has 1 atom stereocenters. The summed E-state index contributed by atoms with van der Waals surface area (Å²) in [4.78, 5) is 24.0. The average molecular weight is 415 g/mol. The van der Waals surface area contributed by atoms with E-state index in [-0.39, 0.29) is 23.6 Å². The van der Waals surface area contributed by atoms with Crippen molar-refractivity contribution in [2.45, 2.75) is 46.1 Å². The molecule has 0 amide bonds. The Kier molecular flexibility index (Phi) is 6.22. The summed E-state index contributed by atoms with van der Waals surface area (Å²) in [6.45, 7) is 6.89. The molecule has 0 spiro atoms. The second-order valence-corrected chi connectivity index (χ2v) is 8.67. The summed E-state index contributed by atoms with van der Waals surface area (Å²) in [5, 5.41) is 18.4. The zero-order valence-corrected chi connectivity index (χ0v) is 17.9. The maximum Gasteiger partial charge on any atom is 0.341 e. The van der Waals surface area contributed by atoms with Gasteiger partial charge in [-0.05, 0) is 42.4 Å². The molecule has 30 heavy (non-hydrogen) atoms. The SMILES string of the molecule is COc1cc2c(cc1OCCCCO)CC(C(C)(C)C)n1cc(C(=O)O)c(=O)cc1-2. The Hall–Kier alpha value is -2.80. The summed E-state index contributed by atoms with van der Waals surface area (Å²) in [5.41, 5.74) is 1.62. The van der Waals surface area contributed by atoms with Crippen LogP contribution in [0.1, 0.15) is 55.6 Å². The van der Waals surface area contributed by atoms with Gasteiger partial charge < -0.3 is 24.3 Å². The molecule has 7 nitrogen and oxygen atoms in total. The van der Waals surface area contributed by atoms with Gasteiger partial charge in [0.2, 0.25) is 0 Å². The van der Waals surface area contributed by atoms with Crippen LogP contribution in [0.25, 0.3) is 11.3 Å². The number of aromatic carboxylic acids is 1. The highest BCUT2D eigenvalue weighted by molar-refractivity contribution is 5.88. The van der Waals surface area contributed by atoms with Crippen molar-refractivity contribution in [3.63, 3.8) is 0 Å². The molecule has 1 aliphatic rings. The van der Waals surface area contributed by atoms with Gasteiger partial charge in [-0.15, -0.1) is 0 Å². The molecule has 7 heteroatoms. The summed E-state index contributed by atoms with van der Waals surface area (Å²) in [7, 11) is 1.56. The van der Waals surface area contributed by atoms with Crippen LogP contribution >= 0.6 is 0 Å². The number of carboxylic acid groups (broad SMARTS) is 1. The number of aromatic nitrogens is 1. The molecule has 2 heterocycles. The lowest BCUT2D eigenvalue weighted by atomic mass is 9.78. The smallest absolute Gasteiger partial charge is 0.341 e. The number of hydrogen-bond donors (Lipinski definition) is 2. The number of unbranched alkanes of at least 4 members (excludes halogenated alkanes) is 1. The highest BCUT2D eigenvalue weighted by Crippen LogP contribution is 2.45. The van der Waals surface area contributed by atoms with Gasteiger partial charge in [-0.3, -0.25) is 4.79 Å². The molecule has 0 radical (unpaired) electrons. The van der Waals surface area contributed by atoms with Crippen LogP contribution in [0.3, 0.4) is 0 Å². The normalized spacial score (nSPS) is 15.3. The first-order valence-electron chi connectivity index (χ1n) is 10.1. The first kappa shape index (κ1) is 21.9. The van der Waals surface area contributed by atoms with E-state index in [2.05, 4.69) is 20.8 Å². The number of pyridine rings is 1. The lowest BCUT2D eigenvalue weighted by Gasteiger charge is -2.39. The number of carboxylic acids is 1. The summed E-state index contributed by atoms with van der Waals surface area (Å²) in [5.74, 6) is -0.0500. The van der Waals surface area contributed by atoms with Gasteiger partial charge in [0, 0.05) is 30.5 Å². The summed E-state index contributed by atoms with van der Waals surface area (Å²) >= 11 is 0. The number of rotatable bonds is 7. The third-order valence-corrected chi connectivity index (χ3v) is 5.53. The van der Waals surface area contributed by atoms with Gasteiger partial charge in [-0.25, -0.2) is 4.79 Å². The van der Waals surface area contributed by atoms with Crippen LogP contribution in [0.2, 0.25) is 0 Å². The van der Waals surface area contributed by atoms with Crippen LogP contribution in [-0.4, -0.2) is 41.1 Å². The lowest BCUT2D eigenvalue weighted by molar-refractivity contribution is 0.0693. The van der Waals surface area contributed by atoms with Crippen LogP contribution in [0.5, 0.6) is 11.5 Å². The third-order valence-electron chi connectivity index (χ3n) is 5.53. The number of nitrogens with zero attached hydrogens (tertiary/aromatic N) is 1. The number of methoxy groups -OCH3 is 1. The van der Waals surface area contributed by atoms with Crippen molar-refractivity contribution in [2.24, 2.45) is 5.41 Å². The summed E-state index contributed by atoms with van der Waals surface area (Å²) < 4.78 is 13.3. The molecule has 1 unspecified atom stereocenters. The predicted molar refractivity (Wildman–Crippen MR) is 114 cm³/mol. The number of ether oxygens (including phenoxy) is 2. The van der Waals surface area contributed by atoms with Gasteiger partial charge >= 0.3 is 5.97 Å². The first-order valence-corrected chi connectivity index (χ1v) is 10.1. The molecule has 0 saturated heterocycles. The molecule has 1 aliphatic heterocycles. The molecule has 1 aromatic carbocycles. The first-order chi connectivity index (χ1) is 14.2. The minimum absolute atomic E-state index is 0.0330. The van der Waals surface area contributed by atoms with Crippen LogP contribution in [0.4, 0.5) is 0 Å². The molecular weight excluding hydrogens is 386 g/mol. The Labute approximate surface area is 175 Å². The van der Waals surface area contributed by atoms with E-state index in [0.29, 0.717) is 36.6 Å². The zero-order valence-electron chi connectivity index (χ0n) is 17.9. The zero-order chi connectivity index (χ0) is 22.1. The molecule has 1 aromatic heterocycles. The van der Waals surface area contributed by atoms with Crippen molar-refractivity contribution in [1.29, 1.82) is 0 Å². The van der Waals surface area contributed by atoms with Crippen LogP contribution in [0, 0.1) is 5.41 Å². The minimum atomic E-state index is -1.22. The van der Waals surface area contributed by atoms with E-state index in [9.17, 15) is 14.7 Å². The number of benzene rings is 1. The summed E-state index contributed by atoms with van der Waals surface area (Å²) in [6.07, 6.45) is 3.54. The molecule has 2 N–H and O–H groups in total. The molecule has 0 saturated carbocycles. The van der Waals surface area contributed by atoms with Crippen molar-refractivity contribution >= 4 is 5.97 Å². The number of hydrogen-bond acceptors (Lipinski definition) is 5. The monoisotopic (exact) mass is 415 g/mol. The number of fused-ring (bicyclic) bond motifs is 3. The highest BCUT2D eigenvalue weighted by Gasteiger charge is 2.34. The molecule has 0 fully saturated rings. The van der Waals surface area contributed by atoms with Crippen molar-refractivity contribution in [2.75, 3.05) is 20.3 Å². The quantitative estimate of drug-likeness (QED) is 0.672. The van der Waals surface area contributed by atoms with E-state index < -0.39 is 11.4 Å². The van der Waals surface area contributed by atoms with Crippen molar-refractivity contribution in [1.82, 2.24) is 4.57 Å². The Morgan fingerprint density at radius 3 is 2.53 bits per heavy atom. The highest BCUT2D eigenvalue weighted by atomic mass is 16.5. The maximum absolute atomic E-state index is 12.5. The van der Waals surface area contributed by atoms with Gasteiger partial charge in [0.05, 0.1) is 19.4 Å². The van der Waals surface area contributed by atoms with Crippen molar-refractivity contribution < 1.29 is 24.5 Å². The maximum atomic E-state index is 12.5. The van der Waals surface area contributed by atoms with Gasteiger partial charge in [0.25, 0.3) is 0 Å². The van der Waals surface area contributed by atoms with Gasteiger partial charge in [-0.1, -0.05) is 20.8 Å². The van der Waals surface area contributed by atoms with E-state index in [1.807, 2.05) is 16.7 Å². The molecule has 0 bridgehead atoms. The second kappa shape index (κ2) is 8.52. The Morgan fingerprint density at radius 1 is 1.20 bits per heavy atom. The van der Waals surface area contributed by atoms with E-state index >= 15 is 0 Å². The minimum Gasteiger partial charge on any atom is -0.493 e. The molecule has 3 rings (SSSR count). The number of aliphatic hydroxyl groups excluding tert-OH is 1.